The number of thioether (sulfide) groups is 1. The Labute approximate surface area is 227 Å². The summed E-state index contributed by atoms with van der Waals surface area (Å²) in [6.07, 6.45) is 6.63. The molecule has 1 fully saturated rings. The van der Waals surface area contributed by atoms with E-state index in [1.807, 2.05) is 0 Å². The van der Waals surface area contributed by atoms with Gasteiger partial charge in [0.25, 0.3) is 17.7 Å². The predicted octanol–water partition coefficient (Wildman–Crippen LogP) is 0.581. The van der Waals surface area contributed by atoms with Gasteiger partial charge in [-0.1, -0.05) is 15.7 Å². The summed E-state index contributed by atoms with van der Waals surface area (Å²) in [5, 5.41) is 13.0. The van der Waals surface area contributed by atoms with Gasteiger partial charge in [-0.2, -0.15) is 4.98 Å². The van der Waals surface area contributed by atoms with Crippen LogP contribution < -0.4 is 15.9 Å². The molecule has 3 N–H and O–H groups in total. The number of ether oxygens (including phenoxy) is 2. The summed E-state index contributed by atoms with van der Waals surface area (Å²) in [6.45, 7) is -0.217. The van der Waals surface area contributed by atoms with Crippen LogP contribution in [0, 0.1) is 0 Å². The second-order valence-corrected chi connectivity index (χ2v) is 9.91. The summed E-state index contributed by atoms with van der Waals surface area (Å²) >= 11 is 3.68. The van der Waals surface area contributed by atoms with Crippen molar-refractivity contribution in [2.45, 2.75) is 11.4 Å². The lowest BCUT2D eigenvalue weighted by Crippen LogP contribution is -2.70. The Kier molecular flexibility index (Phi) is 8.82. The Balaban J connectivity index is 1.45. The van der Waals surface area contributed by atoms with Crippen LogP contribution >= 0.6 is 34.6 Å². The van der Waals surface area contributed by atoms with Gasteiger partial charge in [0, 0.05) is 17.2 Å². The number of methoxy groups -OCH3 is 1. The number of hydrogen-bond acceptors (Lipinski definition) is 15. The van der Waals surface area contributed by atoms with Crippen molar-refractivity contribution in [2.24, 2.45) is 5.16 Å². The van der Waals surface area contributed by atoms with Crippen LogP contribution in [0.5, 0.6) is 5.88 Å². The van der Waals surface area contributed by atoms with Gasteiger partial charge in [0.05, 0.1) is 18.2 Å². The van der Waals surface area contributed by atoms with Gasteiger partial charge in [0.2, 0.25) is 0 Å². The molecule has 0 aromatic carbocycles. The third-order valence-corrected chi connectivity index (χ3v) is 7.38. The van der Waals surface area contributed by atoms with E-state index in [2.05, 4.69) is 29.8 Å². The number of nitrogens with zero attached hydrogens (tertiary/aromatic N) is 5. The van der Waals surface area contributed by atoms with Crippen molar-refractivity contribution in [1.82, 2.24) is 24.8 Å². The number of nitrogens with two attached hydrogens (primary N) is 1. The minimum absolute atomic E-state index is 0.0354. The van der Waals surface area contributed by atoms with E-state index in [-0.39, 0.29) is 23.3 Å². The number of aromatic nitrogens is 3. The van der Waals surface area contributed by atoms with E-state index in [1.165, 1.54) is 46.8 Å². The van der Waals surface area contributed by atoms with Crippen LogP contribution in [0.4, 0.5) is 5.13 Å². The van der Waals surface area contributed by atoms with Crippen molar-refractivity contribution in [3.8, 4) is 5.88 Å². The topological polar surface area (TPSA) is 188 Å². The number of β-lactam (4-membered cyclic amide) rings is 1. The van der Waals surface area contributed by atoms with Gasteiger partial charge >= 0.3 is 11.9 Å². The first-order valence-corrected chi connectivity index (χ1v) is 13.4. The molecule has 17 heteroatoms. The van der Waals surface area contributed by atoms with Gasteiger partial charge in [-0.3, -0.25) is 14.5 Å². The zero-order valence-corrected chi connectivity index (χ0v) is 22.0. The van der Waals surface area contributed by atoms with E-state index in [0.717, 1.165) is 23.6 Å². The average molecular weight is 578 g/mol. The first-order valence-electron chi connectivity index (χ1n) is 10.6. The van der Waals surface area contributed by atoms with Crippen LogP contribution in [-0.4, -0.2) is 80.3 Å². The van der Waals surface area contributed by atoms with Crippen LogP contribution in [0.15, 0.2) is 45.4 Å². The number of rotatable bonds is 10. The number of carbonyl (C=O) groups is 4. The number of nitrogens with one attached hydrogen (secondary N) is 1. The molecule has 2 aliphatic heterocycles. The van der Waals surface area contributed by atoms with Crippen molar-refractivity contribution >= 4 is 75.8 Å². The highest BCUT2D eigenvalue weighted by atomic mass is 32.2. The number of anilines is 1. The van der Waals surface area contributed by atoms with Gasteiger partial charge < -0.3 is 25.4 Å². The first kappa shape index (κ1) is 27.0. The summed E-state index contributed by atoms with van der Waals surface area (Å²) < 4.78 is 13.5. The molecular formula is C21H19N7O7S3. The molecule has 38 heavy (non-hydrogen) atoms. The highest BCUT2D eigenvalue weighted by Gasteiger charge is 2.54. The number of nitrogen functional groups attached to an aromatic ring is 1. The zero-order chi connectivity index (χ0) is 27.1. The molecule has 0 aliphatic carbocycles. The highest BCUT2D eigenvalue weighted by molar-refractivity contribution is 8.00. The summed E-state index contributed by atoms with van der Waals surface area (Å²) in [6, 6.07) is -0.899. The number of amides is 2. The van der Waals surface area contributed by atoms with Crippen LogP contribution in [0.3, 0.4) is 0 Å². The van der Waals surface area contributed by atoms with Gasteiger partial charge in [0.1, 0.15) is 29.9 Å². The maximum Gasteiger partial charge on any atom is 0.355 e. The fraction of sp³-hybridized carbons (Fsp3) is 0.238. The molecule has 2 aliphatic rings. The number of allylic oxidation sites excluding steroid dienone is 1. The number of hydrogen-bond donors (Lipinski definition) is 2. The van der Waals surface area contributed by atoms with E-state index in [1.54, 1.807) is 17.5 Å². The molecule has 4 heterocycles. The van der Waals surface area contributed by atoms with Crippen molar-refractivity contribution in [2.75, 3.05) is 25.2 Å². The molecule has 0 bridgehead atoms. The highest BCUT2D eigenvalue weighted by Crippen LogP contribution is 2.41. The molecule has 2 aromatic heterocycles. The molecule has 2 amide bonds. The summed E-state index contributed by atoms with van der Waals surface area (Å²) in [7, 11) is 1.22. The fourth-order valence-corrected chi connectivity index (χ4v) is 5.43. The molecular weight excluding hydrogens is 558 g/mol. The largest absolute Gasteiger partial charge is 0.466 e. The smallest absolute Gasteiger partial charge is 0.355 e. The van der Waals surface area contributed by atoms with Crippen LogP contribution in [-0.2, 0) is 28.7 Å². The molecule has 4 rings (SSSR count). The van der Waals surface area contributed by atoms with Crippen LogP contribution in [0.1, 0.15) is 5.69 Å². The molecule has 14 nitrogen and oxygen atoms in total. The quantitative estimate of drug-likeness (QED) is 0.132. The minimum atomic E-state index is -0.899. The van der Waals surface area contributed by atoms with Gasteiger partial charge in [-0.05, 0) is 29.3 Å². The fourth-order valence-electron chi connectivity index (χ4n) is 3.23. The van der Waals surface area contributed by atoms with E-state index in [9.17, 15) is 19.2 Å². The van der Waals surface area contributed by atoms with Gasteiger partial charge in [-0.25, -0.2) is 9.59 Å². The molecule has 0 spiro atoms. The van der Waals surface area contributed by atoms with E-state index in [0.29, 0.717) is 17.0 Å². The Morgan fingerprint density at radius 2 is 2.16 bits per heavy atom. The Morgan fingerprint density at radius 1 is 1.32 bits per heavy atom. The Hall–Kier alpha value is -4.09. The van der Waals surface area contributed by atoms with Crippen molar-refractivity contribution in [3.05, 3.63) is 46.0 Å². The lowest BCUT2D eigenvalue weighted by Gasteiger charge is -2.49. The summed E-state index contributed by atoms with van der Waals surface area (Å²) in [5.74, 6) is -2.06. The average Bonchev–Trinajstić information content (AvgIpc) is 3.59. The van der Waals surface area contributed by atoms with Crippen molar-refractivity contribution in [3.63, 3.8) is 0 Å². The second-order valence-electron chi connectivity index (χ2n) is 7.31. The number of fused-ring (bicyclic) bond motifs is 1. The van der Waals surface area contributed by atoms with E-state index < -0.39 is 35.2 Å². The Morgan fingerprint density at radius 3 is 2.87 bits per heavy atom. The first-order chi connectivity index (χ1) is 18.4. The Bertz CT molecular complexity index is 1340. The molecule has 1 saturated heterocycles. The predicted molar refractivity (Wildman–Crippen MR) is 139 cm³/mol. The van der Waals surface area contributed by atoms with Gasteiger partial charge in [-0.15, -0.1) is 28.2 Å². The maximum atomic E-state index is 13.0. The number of oxime groups is 1. The molecule has 0 saturated carbocycles. The number of carbonyl (C=O) groups excluding carboxylic acids is 4. The van der Waals surface area contributed by atoms with E-state index in [4.69, 9.17) is 15.3 Å². The van der Waals surface area contributed by atoms with Crippen molar-refractivity contribution < 1.29 is 33.5 Å². The standard InChI is InChI=1S/C21H19N7O7S3/c1-33-15(30)3-2-6-34-20(32)17-11(4-5-12-9-38-27-26-12)8-36-19-16(18(31)28(17)19)24-13(29)7-23-35-14-10-37-21(22)25-14/h2-5,7,9-10,16,19H,6,8H2,1H3,(H2,22,25)(H,24,29)/b3-2+,5-4-,23-7+. The summed E-state index contributed by atoms with van der Waals surface area (Å²) in [5.41, 5.74) is 6.65. The second kappa shape index (κ2) is 12.4. The van der Waals surface area contributed by atoms with Gasteiger partial charge in [0.15, 0.2) is 5.13 Å². The van der Waals surface area contributed by atoms with Crippen molar-refractivity contribution in [1.29, 1.82) is 0 Å². The van der Waals surface area contributed by atoms with Crippen LogP contribution in [0.25, 0.3) is 6.08 Å². The molecule has 0 radical (unpaired) electrons. The number of thiazole rings is 1. The third kappa shape index (κ3) is 6.42. The van der Waals surface area contributed by atoms with E-state index >= 15 is 0 Å². The summed E-state index contributed by atoms with van der Waals surface area (Å²) in [4.78, 5) is 59.6. The molecule has 2 atom stereocenters. The third-order valence-electron chi connectivity index (χ3n) is 4.90. The number of esters is 2. The maximum absolute atomic E-state index is 13.0. The SMILES string of the molecule is COC(=O)/C=C/COC(=O)C1=C(/C=C\c2csnn2)CSC2C(NC(=O)/C=N/Oc3csc(N)n3)C(=O)N12. The lowest BCUT2D eigenvalue weighted by atomic mass is 10.0. The molecule has 2 unspecified atom stereocenters. The zero-order valence-electron chi connectivity index (χ0n) is 19.5. The van der Waals surface area contributed by atoms with Crippen LogP contribution in [0.2, 0.25) is 0 Å². The molecule has 2 aromatic rings. The lowest BCUT2D eigenvalue weighted by molar-refractivity contribution is -0.152. The molecule has 198 valence electrons. The monoisotopic (exact) mass is 577 g/mol. The minimum Gasteiger partial charge on any atom is -0.466 e. The normalized spacial score (nSPS) is 19.1.